The number of fused-ring (bicyclic) bond motifs is 1. The lowest BCUT2D eigenvalue weighted by Crippen LogP contribution is -2.32. The van der Waals surface area contributed by atoms with Crippen molar-refractivity contribution in [2.75, 3.05) is 11.5 Å². The third-order valence-electron chi connectivity index (χ3n) is 5.27. The molecule has 0 atom stereocenters. The lowest BCUT2D eigenvalue weighted by Gasteiger charge is -2.25. The van der Waals surface area contributed by atoms with Gasteiger partial charge in [-0.3, -0.25) is 9.59 Å². The van der Waals surface area contributed by atoms with Crippen molar-refractivity contribution < 1.29 is 19.1 Å². The lowest BCUT2D eigenvalue weighted by atomic mass is 9.92. The first-order valence-electron chi connectivity index (χ1n) is 10.3. The van der Waals surface area contributed by atoms with E-state index in [0.29, 0.717) is 22.4 Å². The molecule has 1 aliphatic heterocycles. The minimum atomic E-state index is -0.559. The van der Waals surface area contributed by atoms with Gasteiger partial charge in [-0.15, -0.1) is 0 Å². The molecule has 1 N–H and O–H groups in total. The zero-order chi connectivity index (χ0) is 22.0. The first kappa shape index (κ1) is 21.6. The number of hydrogen-bond acceptors (Lipinski definition) is 4. The maximum absolute atomic E-state index is 13.5. The summed E-state index contributed by atoms with van der Waals surface area (Å²) in [6.07, 6.45) is -0.559. The van der Waals surface area contributed by atoms with E-state index in [-0.39, 0.29) is 36.8 Å². The first-order chi connectivity index (χ1) is 14.3. The molecule has 0 saturated heterocycles. The van der Waals surface area contributed by atoms with Crippen LogP contribution in [0.3, 0.4) is 0 Å². The lowest BCUT2D eigenvalue weighted by molar-refractivity contribution is 0.0924. The molecule has 0 spiro atoms. The van der Waals surface area contributed by atoms with Gasteiger partial charge in [0.05, 0.1) is 23.4 Å². The third-order valence-corrected chi connectivity index (χ3v) is 5.27. The summed E-state index contributed by atoms with van der Waals surface area (Å²) in [5, 5.41) is 2.64. The molecule has 6 nitrogen and oxygen atoms in total. The molecule has 0 fully saturated rings. The summed E-state index contributed by atoms with van der Waals surface area (Å²) in [5.41, 5.74) is 3.89. The Labute approximate surface area is 177 Å². The molecule has 2 aromatic carbocycles. The number of hydrogen-bond donors (Lipinski definition) is 1. The van der Waals surface area contributed by atoms with Crippen molar-refractivity contribution >= 4 is 23.6 Å². The summed E-state index contributed by atoms with van der Waals surface area (Å²) in [6, 6.07) is 11.1. The molecule has 3 amide bonds. The Morgan fingerprint density at radius 1 is 0.967 bits per heavy atom. The molecule has 3 rings (SSSR count). The highest BCUT2D eigenvalue weighted by Gasteiger charge is 2.40. The number of nitrogens with one attached hydrogen (secondary N) is 1. The van der Waals surface area contributed by atoms with E-state index in [0.717, 1.165) is 11.1 Å². The quantitative estimate of drug-likeness (QED) is 0.684. The fourth-order valence-corrected chi connectivity index (χ4v) is 3.83. The number of para-hydroxylation sites is 1. The molecule has 0 unspecified atom stereocenters. The Morgan fingerprint density at radius 3 is 2.13 bits per heavy atom. The van der Waals surface area contributed by atoms with E-state index >= 15 is 0 Å². The Kier molecular flexibility index (Phi) is 6.25. The average Bonchev–Trinajstić information content (AvgIpc) is 2.96. The molecule has 6 heteroatoms. The van der Waals surface area contributed by atoms with Crippen LogP contribution in [0.4, 0.5) is 10.5 Å². The van der Waals surface area contributed by atoms with Gasteiger partial charge in [0.15, 0.2) is 0 Å². The third kappa shape index (κ3) is 3.82. The van der Waals surface area contributed by atoms with E-state index in [1.165, 1.54) is 4.90 Å². The molecule has 1 heterocycles. The number of carbonyl (C=O) groups excluding carboxylic acids is 3. The van der Waals surface area contributed by atoms with Crippen molar-refractivity contribution in [1.29, 1.82) is 0 Å². The molecule has 0 radical (unpaired) electrons. The second kappa shape index (κ2) is 8.69. The second-order valence-electron chi connectivity index (χ2n) is 7.95. The number of benzene rings is 2. The molecule has 158 valence electrons. The minimum Gasteiger partial charge on any atom is -0.450 e. The van der Waals surface area contributed by atoms with Crippen LogP contribution in [0.2, 0.25) is 0 Å². The number of nitrogens with zero attached hydrogens (tertiary/aromatic N) is 1. The fraction of sp³-hybridized carbons (Fsp3) is 0.375. The topological polar surface area (TPSA) is 75.7 Å². The molecule has 1 aliphatic rings. The van der Waals surface area contributed by atoms with Crippen LogP contribution in [0, 0.1) is 0 Å². The summed E-state index contributed by atoms with van der Waals surface area (Å²) >= 11 is 0. The van der Waals surface area contributed by atoms with E-state index in [1.807, 2.05) is 18.2 Å². The summed E-state index contributed by atoms with van der Waals surface area (Å²) in [6.45, 7) is 10.3. The second-order valence-corrected chi connectivity index (χ2v) is 7.95. The number of ether oxygens (including phenoxy) is 1. The monoisotopic (exact) mass is 408 g/mol. The van der Waals surface area contributed by atoms with Gasteiger partial charge in [0.25, 0.3) is 11.8 Å². The van der Waals surface area contributed by atoms with E-state index < -0.39 is 6.09 Å². The van der Waals surface area contributed by atoms with Crippen LogP contribution in [0.25, 0.3) is 0 Å². The molecular formula is C24H28N2O4. The number of imide groups is 1. The van der Waals surface area contributed by atoms with E-state index in [4.69, 9.17) is 4.74 Å². The van der Waals surface area contributed by atoms with Crippen molar-refractivity contribution in [1.82, 2.24) is 5.32 Å². The Balaban J connectivity index is 2.07. The van der Waals surface area contributed by atoms with E-state index in [1.54, 1.807) is 25.1 Å². The van der Waals surface area contributed by atoms with Gasteiger partial charge in [-0.25, -0.2) is 9.69 Å². The van der Waals surface area contributed by atoms with Crippen LogP contribution in [0.5, 0.6) is 0 Å². The maximum Gasteiger partial charge on any atom is 0.407 e. The highest BCUT2D eigenvalue weighted by Crippen LogP contribution is 2.40. The largest absolute Gasteiger partial charge is 0.450 e. The van der Waals surface area contributed by atoms with Crippen molar-refractivity contribution in [3.8, 4) is 0 Å². The zero-order valence-electron chi connectivity index (χ0n) is 18.1. The highest BCUT2D eigenvalue weighted by atomic mass is 16.5. The number of amides is 3. The number of carbonyl (C=O) groups is 3. The first-order valence-corrected chi connectivity index (χ1v) is 10.3. The summed E-state index contributed by atoms with van der Waals surface area (Å²) < 4.78 is 4.89. The van der Waals surface area contributed by atoms with E-state index in [2.05, 4.69) is 33.0 Å². The van der Waals surface area contributed by atoms with Crippen molar-refractivity contribution in [2.45, 2.75) is 53.0 Å². The highest BCUT2D eigenvalue weighted by molar-refractivity contribution is 6.35. The van der Waals surface area contributed by atoms with E-state index in [9.17, 15) is 14.4 Å². The normalized spacial score (nSPS) is 13.2. The molecular weight excluding hydrogens is 380 g/mol. The van der Waals surface area contributed by atoms with Gasteiger partial charge < -0.3 is 10.1 Å². The van der Waals surface area contributed by atoms with Crippen LogP contribution in [0.15, 0.2) is 36.4 Å². The van der Waals surface area contributed by atoms with Crippen molar-refractivity contribution in [3.05, 3.63) is 64.2 Å². The Hall–Kier alpha value is -3.15. The Bertz CT molecular complexity index is 968. The van der Waals surface area contributed by atoms with Gasteiger partial charge in [0.1, 0.15) is 0 Å². The van der Waals surface area contributed by atoms with Gasteiger partial charge in [-0.05, 0) is 41.5 Å². The molecule has 0 aromatic heterocycles. The smallest absolute Gasteiger partial charge is 0.407 e. The molecule has 2 aromatic rings. The van der Waals surface area contributed by atoms with Crippen molar-refractivity contribution in [3.63, 3.8) is 0 Å². The van der Waals surface area contributed by atoms with Crippen LogP contribution in [-0.4, -0.2) is 24.5 Å². The number of anilines is 1. The van der Waals surface area contributed by atoms with Crippen LogP contribution < -0.4 is 10.2 Å². The summed E-state index contributed by atoms with van der Waals surface area (Å²) in [5.74, 6) is -0.393. The SMILES string of the molecule is CCOC(=O)NCc1cccc2c1C(=O)N(c1c(C(C)C)cccc1C(C)C)C2=O. The van der Waals surface area contributed by atoms with Gasteiger partial charge in [-0.2, -0.15) is 0 Å². The van der Waals surface area contributed by atoms with Gasteiger partial charge in [0.2, 0.25) is 0 Å². The predicted octanol–water partition coefficient (Wildman–Crippen LogP) is 4.98. The number of rotatable bonds is 6. The summed E-state index contributed by atoms with van der Waals surface area (Å²) in [4.78, 5) is 39.9. The molecule has 30 heavy (non-hydrogen) atoms. The van der Waals surface area contributed by atoms with Crippen LogP contribution in [0.1, 0.15) is 83.9 Å². The summed E-state index contributed by atoms with van der Waals surface area (Å²) in [7, 11) is 0. The standard InChI is InChI=1S/C24H28N2O4/c1-6-30-24(29)25-13-16-9-7-12-19-20(16)23(28)26(22(19)27)21-17(14(2)3)10-8-11-18(21)15(4)5/h7-12,14-15H,6,13H2,1-5H3,(H,25,29). The molecule has 0 bridgehead atoms. The predicted molar refractivity (Wildman–Crippen MR) is 116 cm³/mol. The van der Waals surface area contributed by atoms with Crippen LogP contribution in [-0.2, 0) is 11.3 Å². The maximum atomic E-state index is 13.5. The molecule has 0 saturated carbocycles. The molecule has 0 aliphatic carbocycles. The Morgan fingerprint density at radius 2 is 1.57 bits per heavy atom. The van der Waals surface area contributed by atoms with Crippen LogP contribution >= 0.6 is 0 Å². The zero-order valence-corrected chi connectivity index (χ0v) is 18.1. The fourth-order valence-electron chi connectivity index (χ4n) is 3.83. The van der Waals surface area contributed by atoms with Gasteiger partial charge in [-0.1, -0.05) is 58.0 Å². The number of alkyl carbamates (subject to hydrolysis) is 1. The minimum absolute atomic E-state index is 0.109. The van der Waals surface area contributed by atoms with Gasteiger partial charge in [0, 0.05) is 6.54 Å². The average molecular weight is 408 g/mol. The van der Waals surface area contributed by atoms with Crippen molar-refractivity contribution in [2.24, 2.45) is 0 Å². The van der Waals surface area contributed by atoms with Gasteiger partial charge >= 0.3 is 6.09 Å².